The van der Waals surface area contributed by atoms with E-state index < -0.39 is 0 Å². The van der Waals surface area contributed by atoms with Crippen molar-refractivity contribution in [2.24, 2.45) is 11.1 Å². The van der Waals surface area contributed by atoms with Crippen molar-refractivity contribution in [3.05, 3.63) is 0 Å². The summed E-state index contributed by atoms with van der Waals surface area (Å²) in [5, 5.41) is 0. The fourth-order valence-electron chi connectivity index (χ4n) is 3.91. The Morgan fingerprint density at radius 1 is 1.16 bits per heavy atom. The molecule has 0 aromatic carbocycles. The highest BCUT2D eigenvalue weighted by Gasteiger charge is 2.42. The standard InChI is InChI=1S/C16H30N2O/c1-2-14-9-5-8-12-18(14)15(19)16(13-17)10-6-3-4-7-11-16/h14H,2-13,17H2,1H3. The zero-order valence-corrected chi connectivity index (χ0v) is 12.5. The van der Waals surface area contributed by atoms with Gasteiger partial charge in [-0.3, -0.25) is 4.79 Å². The normalized spacial score (nSPS) is 27.9. The Morgan fingerprint density at radius 2 is 1.84 bits per heavy atom. The van der Waals surface area contributed by atoms with E-state index in [1.807, 2.05) is 0 Å². The maximum atomic E-state index is 13.1. The molecule has 2 N–H and O–H groups in total. The topological polar surface area (TPSA) is 46.3 Å². The molecule has 0 bridgehead atoms. The van der Waals surface area contributed by atoms with Crippen LogP contribution in [0.25, 0.3) is 0 Å². The summed E-state index contributed by atoms with van der Waals surface area (Å²) < 4.78 is 0. The molecule has 1 saturated heterocycles. The van der Waals surface area contributed by atoms with Gasteiger partial charge in [-0.2, -0.15) is 0 Å². The third-order valence-electron chi connectivity index (χ3n) is 5.26. The molecule has 2 fully saturated rings. The van der Waals surface area contributed by atoms with Crippen molar-refractivity contribution < 1.29 is 4.79 Å². The predicted octanol–water partition coefficient (Wildman–Crippen LogP) is 3.08. The van der Waals surface area contributed by atoms with Gasteiger partial charge in [0.15, 0.2) is 0 Å². The van der Waals surface area contributed by atoms with Gasteiger partial charge in [-0.25, -0.2) is 0 Å². The van der Waals surface area contributed by atoms with Gasteiger partial charge in [-0.05, 0) is 38.5 Å². The van der Waals surface area contributed by atoms with Gasteiger partial charge < -0.3 is 10.6 Å². The first kappa shape index (κ1) is 14.8. The fraction of sp³-hybridized carbons (Fsp3) is 0.938. The van der Waals surface area contributed by atoms with E-state index in [0.717, 1.165) is 25.8 Å². The number of hydrogen-bond donors (Lipinski definition) is 1. The molecular formula is C16H30N2O. The lowest BCUT2D eigenvalue weighted by atomic mass is 9.78. The molecule has 1 unspecified atom stereocenters. The van der Waals surface area contributed by atoms with E-state index in [0.29, 0.717) is 18.5 Å². The van der Waals surface area contributed by atoms with Crippen molar-refractivity contribution in [2.45, 2.75) is 77.2 Å². The summed E-state index contributed by atoms with van der Waals surface area (Å²) in [7, 11) is 0. The lowest BCUT2D eigenvalue weighted by Gasteiger charge is -2.42. The van der Waals surface area contributed by atoms with Crippen molar-refractivity contribution in [3.8, 4) is 0 Å². The molecule has 3 nitrogen and oxygen atoms in total. The van der Waals surface area contributed by atoms with Crippen LogP contribution in [0.1, 0.15) is 71.1 Å². The van der Waals surface area contributed by atoms with Crippen LogP contribution in [0, 0.1) is 5.41 Å². The Morgan fingerprint density at radius 3 is 2.42 bits per heavy atom. The highest BCUT2D eigenvalue weighted by Crippen LogP contribution is 2.37. The van der Waals surface area contributed by atoms with Crippen LogP contribution in [0.3, 0.4) is 0 Å². The third kappa shape index (κ3) is 3.13. The number of rotatable bonds is 3. The average Bonchev–Trinajstić information content (AvgIpc) is 2.72. The second-order valence-corrected chi connectivity index (χ2v) is 6.46. The molecule has 1 aliphatic heterocycles. The maximum absolute atomic E-state index is 13.1. The Labute approximate surface area is 117 Å². The first-order valence-electron chi connectivity index (χ1n) is 8.24. The van der Waals surface area contributed by atoms with Gasteiger partial charge >= 0.3 is 0 Å². The molecule has 0 aromatic rings. The number of carbonyl (C=O) groups is 1. The van der Waals surface area contributed by atoms with Crippen LogP contribution in [0.2, 0.25) is 0 Å². The number of nitrogens with zero attached hydrogens (tertiary/aromatic N) is 1. The summed E-state index contributed by atoms with van der Waals surface area (Å²) in [6, 6.07) is 0.466. The Hall–Kier alpha value is -0.570. The fourth-order valence-corrected chi connectivity index (χ4v) is 3.91. The smallest absolute Gasteiger partial charge is 0.230 e. The summed E-state index contributed by atoms with van der Waals surface area (Å²) >= 11 is 0. The Balaban J connectivity index is 2.13. The van der Waals surface area contributed by atoms with Crippen molar-refractivity contribution >= 4 is 5.91 Å². The number of piperidine rings is 1. The number of likely N-dealkylation sites (tertiary alicyclic amines) is 1. The predicted molar refractivity (Wildman–Crippen MR) is 78.8 cm³/mol. The molecule has 1 amide bonds. The Bertz CT molecular complexity index is 295. The van der Waals surface area contributed by atoms with Crippen LogP contribution >= 0.6 is 0 Å². The molecule has 0 spiro atoms. The highest BCUT2D eigenvalue weighted by molar-refractivity contribution is 5.83. The van der Waals surface area contributed by atoms with Crippen molar-refractivity contribution in [1.82, 2.24) is 4.90 Å². The summed E-state index contributed by atoms with van der Waals surface area (Å²) in [5.74, 6) is 0.378. The van der Waals surface area contributed by atoms with E-state index >= 15 is 0 Å². The van der Waals surface area contributed by atoms with Gasteiger partial charge in [0.05, 0.1) is 5.41 Å². The van der Waals surface area contributed by atoms with E-state index in [1.54, 1.807) is 0 Å². The molecule has 19 heavy (non-hydrogen) atoms. The van der Waals surface area contributed by atoms with Crippen LogP contribution < -0.4 is 5.73 Å². The zero-order chi connectivity index (χ0) is 13.7. The molecule has 1 saturated carbocycles. The SMILES string of the molecule is CCC1CCCCN1C(=O)C1(CN)CCCCCC1. The van der Waals surface area contributed by atoms with Crippen LogP contribution in [-0.2, 0) is 4.79 Å². The van der Waals surface area contributed by atoms with Gasteiger partial charge in [-0.1, -0.05) is 32.6 Å². The minimum Gasteiger partial charge on any atom is -0.339 e. The summed E-state index contributed by atoms with van der Waals surface area (Å²) in [6.07, 6.45) is 11.6. The van der Waals surface area contributed by atoms with Crippen molar-refractivity contribution in [1.29, 1.82) is 0 Å². The number of hydrogen-bond acceptors (Lipinski definition) is 2. The largest absolute Gasteiger partial charge is 0.339 e. The monoisotopic (exact) mass is 266 g/mol. The minimum atomic E-state index is -0.235. The van der Waals surface area contributed by atoms with Crippen LogP contribution in [0.15, 0.2) is 0 Å². The quantitative estimate of drug-likeness (QED) is 0.798. The second-order valence-electron chi connectivity index (χ2n) is 6.46. The van der Waals surface area contributed by atoms with E-state index in [9.17, 15) is 4.79 Å². The molecule has 3 heteroatoms. The van der Waals surface area contributed by atoms with E-state index in [4.69, 9.17) is 5.73 Å². The van der Waals surface area contributed by atoms with Crippen molar-refractivity contribution in [3.63, 3.8) is 0 Å². The van der Waals surface area contributed by atoms with Gasteiger partial charge in [0.2, 0.25) is 5.91 Å². The molecule has 2 rings (SSSR count). The molecule has 1 aliphatic carbocycles. The molecular weight excluding hydrogens is 236 g/mol. The molecule has 110 valence electrons. The molecule has 0 radical (unpaired) electrons. The molecule has 0 aromatic heterocycles. The van der Waals surface area contributed by atoms with E-state index in [-0.39, 0.29) is 5.41 Å². The maximum Gasteiger partial charge on any atom is 0.230 e. The van der Waals surface area contributed by atoms with Gasteiger partial charge in [-0.15, -0.1) is 0 Å². The summed E-state index contributed by atoms with van der Waals surface area (Å²) in [4.78, 5) is 15.3. The zero-order valence-electron chi connectivity index (χ0n) is 12.5. The third-order valence-corrected chi connectivity index (χ3v) is 5.26. The first-order chi connectivity index (χ1) is 9.23. The van der Waals surface area contributed by atoms with Gasteiger partial charge in [0.1, 0.15) is 0 Å². The second kappa shape index (κ2) is 6.74. The number of nitrogens with two attached hydrogens (primary N) is 1. The molecule has 2 aliphatic rings. The molecule has 1 atom stereocenters. The highest BCUT2D eigenvalue weighted by atomic mass is 16.2. The van der Waals surface area contributed by atoms with Crippen molar-refractivity contribution in [2.75, 3.05) is 13.1 Å². The van der Waals surface area contributed by atoms with Crippen LogP contribution in [0.4, 0.5) is 0 Å². The summed E-state index contributed by atoms with van der Waals surface area (Å²) in [6.45, 7) is 3.70. The van der Waals surface area contributed by atoms with Gasteiger partial charge in [0.25, 0.3) is 0 Å². The first-order valence-corrected chi connectivity index (χ1v) is 8.24. The Kier molecular flexibility index (Phi) is 5.26. The lowest BCUT2D eigenvalue weighted by molar-refractivity contribution is -0.146. The number of amides is 1. The minimum absolute atomic E-state index is 0.235. The van der Waals surface area contributed by atoms with Gasteiger partial charge in [0, 0.05) is 19.1 Å². The molecule has 1 heterocycles. The number of carbonyl (C=O) groups excluding carboxylic acids is 1. The average molecular weight is 266 g/mol. The lowest BCUT2D eigenvalue weighted by Crippen LogP contribution is -2.53. The van der Waals surface area contributed by atoms with Crippen LogP contribution in [-0.4, -0.2) is 29.9 Å². The van der Waals surface area contributed by atoms with E-state index in [2.05, 4.69) is 11.8 Å². The van der Waals surface area contributed by atoms with Crippen LogP contribution in [0.5, 0.6) is 0 Å². The summed E-state index contributed by atoms with van der Waals surface area (Å²) in [5.41, 5.74) is 5.82. The van der Waals surface area contributed by atoms with E-state index in [1.165, 1.54) is 44.9 Å².